The number of quaternary nitrogens is 1. The number of rotatable bonds is 1. The summed E-state index contributed by atoms with van der Waals surface area (Å²) in [7, 11) is 1.77. The number of hydrogen-bond acceptors (Lipinski definition) is 4. The standard InChI is InChI=1S/C14H28NO4/c1-12(2,3)19-11(16)15(8)10(13(4,5)17)9-18-14(15,6)7/h10,17H,9H2,1-8H3/q+1. The monoisotopic (exact) mass is 274 g/mol. The fraction of sp³-hybridized carbons (Fsp3) is 0.929. The first kappa shape index (κ1) is 16.4. The highest BCUT2D eigenvalue weighted by molar-refractivity contribution is 5.61. The van der Waals surface area contributed by atoms with Gasteiger partial charge in [-0.2, -0.15) is 9.28 Å². The van der Waals surface area contributed by atoms with E-state index in [0.717, 1.165) is 0 Å². The minimum absolute atomic E-state index is 0.0895. The number of likely N-dealkylation sites (N-methyl/N-ethyl adjacent to an activating group) is 1. The molecule has 0 saturated carbocycles. The van der Waals surface area contributed by atoms with Crippen LogP contribution in [0, 0.1) is 0 Å². The van der Waals surface area contributed by atoms with Gasteiger partial charge < -0.3 is 14.6 Å². The predicted octanol–water partition coefficient (Wildman–Crippen LogP) is 2.27. The molecule has 1 N–H and O–H groups in total. The van der Waals surface area contributed by atoms with Gasteiger partial charge in [0.15, 0.2) is 6.04 Å². The first-order valence-electron chi connectivity index (χ1n) is 6.68. The Hall–Kier alpha value is -0.650. The maximum absolute atomic E-state index is 12.6. The smallest absolute Gasteiger partial charge is 0.414 e. The quantitative estimate of drug-likeness (QED) is 0.745. The van der Waals surface area contributed by atoms with E-state index in [1.54, 1.807) is 20.9 Å². The second-order valence-corrected chi connectivity index (χ2v) is 7.48. The summed E-state index contributed by atoms with van der Waals surface area (Å²) in [5, 5.41) is 10.3. The van der Waals surface area contributed by atoms with Crippen molar-refractivity contribution >= 4 is 6.09 Å². The van der Waals surface area contributed by atoms with Crippen molar-refractivity contribution in [3.8, 4) is 0 Å². The Morgan fingerprint density at radius 3 is 2.16 bits per heavy atom. The minimum Gasteiger partial charge on any atom is -0.414 e. The van der Waals surface area contributed by atoms with Gasteiger partial charge in [-0.25, -0.2) is 0 Å². The Balaban J connectivity index is 3.18. The lowest BCUT2D eigenvalue weighted by Gasteiger charge is -2.44. The average Bonchev–Trinajstić information content (AvgIpc) is 2.35. The number of aliphatic hydroxyl groups is 1. The van der Waals surface area contributed by atoms with Gasteiger partial charge in [0.25, 0.3) is 0 Å². The van der Waals surface area contributed by atoms with Crippen LogP contribution in [-0.4, -0.2) is 52.3 Å². The van der Waals surface area contributed by atoms with Crippen LogP contribution in [0.25, 0.3) is 0 Å². The van der Waals surface area contributed by atoms with E-state index in [1.165, 1.54) is 0 Å². The van der Waals surface area contributed by atoms with Crippen LogP contribution in [-0.2, 0) is 9.47 Å². The van der Waals surface area contributed by atoms with E-state index >= 15 is 0 Å². The lowest BCUT2D eigenvalue weighted by molar-refractivity contribution is -0.916. The van der Waals surface area contributed by atoms with Crippen molar-refractivity contribution in [1.29, 1.82) is 0 Å². The SMILES string of the molecule is CC(C)(C)OC(=O)[N+]1(C)C(C(C)(C)O)COC1(C)C. The third-order valence-corrected chi connectivity index (χ3v) is 3.92. The van der Waals surface area contributed by atoms with Crippen molar-refractivity contribution < 1.29 is 23.9 Å². The Morgan fingerprint density at radius 2 is 1.79 bits per heavy atom. The number of carbonyl (C=O) groups excluding carboxylic acids is 1. The van der Waals surface area contributed by atoms with E-state index in [1.807, 2.05) is 34.6 Å². The summed E-state index contributed by atoms with van der Waals surface area (Å²) >= 11 is 0. The Kier molecular flexibility index (Phi) is 3.83. The summed E-state index contributed by atoms with van der Waals surface area (Å²) in [6, 6.07) is -0.364. The van der Waals surface area contributed by atoms with E-state index < -0.39 is 16.9 Å². The van der Waals surface area contributed by atoms with Crippen molar-refractivity contribution in [1.82, 2.24) is 0 Å². The zero-order valence-electron chi connectivity index (χ0n) is 13.4. The number of ether oxygens (including phenoxy) is 2. The summed E-state index contributed by atoms with van der Waals surface area (Å²) in [5.74, 6) is 0. The van der Waals surface area contributed by atoms with Gasteiger partial charge in [-0.1, -0.05) is 0 Å². The van der Waals surface area contributed by atoms with Crippen LogP contribution in [0.15, 0.2) is 0 Å². The van der Waals surface area contributed by atoms with Gasteiger partial charge >= 0.3 is 6.09 Å². The summed E-state index contributed by atoms with van der Waals surface area (Å²) in [5.41, 5.74) is -2.33. The Morgan fingerprint density at radius 1 is 1.32 bits per heavy atom. The van der Waals surface area contributed by atoms with E-state index in [9.17, 15) is 9.90 Å². The summed E-state index contributed by atoms with van der Waals surface area (Å²) < 4.78 is 11.2. The molecule has 1 aliphatic rings. The lowest BCUT2D eigenvalue weighted by atomic mass is 9.96. The third-order valence-electron chi connectivity index (χ3n) is 3.92. The molecule has 2 unspecified atom stereocenters. The molecule has 1 rings (SSSR count). The molecule has 1 fully saturated rings. The number of hydrogen-bond donors (Lipinski definition) is 1. The molecule has 5 nitrogen and oxygen atoms in total. The van der Waals surface area contributed by atoms with Gasteiger partial charge in [0, 0.05) is 13.8 Å². The maximum Gasteiger partial charge on any atom is 0.519 e. The topological polar surface area (TPSA) is 55.8 Å². The largest absolute Gasteiger partial charge is 0.519 e. The fourth-order valence-corrected chi connectivity index (χ4v) is 2.48. The first-order valence-corrected chi connectivity index (χ1v) is 6.68. The van der Waals surface area contributed by atoms with Crippen molar-refractivity contribution in [3.05, 3.63) is 0 Å². The molecule has 0 aliphatic carbocycles. The van der Waals surface area contributed by atoms with Crippen LogP contribution in [0.3, 0.4) is 0 Å². The van der Waals surface area contributed by atoms with E-state index in [-0.39, 0.29) is 16.6 Å². The molecule has 1 amide bonds. The van der Waals surface area contributed by atoms with Crippen LogP contribution in [0.1, 0.15) is 48.5 Å². The molecule has 112 valence electrons. The molecule has 5 heteroatoms. The highest BCUT2D eigenvalue weighted by Crippen LogP contribution is 2.40. The Bertz CT molecular complexity index is 365. The van der Waals surface area contributed by atoms with Crippen LogP contribution in [0.4, 0.5) is 4.79 Å². The highest BCUT2D eigenvalue weighted by Gasteiger charge is 2.64. The third kappa shape index (κ3) is 2.93. The number of amides is 1. The van der Waals surface area contributed by atoms with E-state index in [2.05, 4.69) is 0 Å². The molecule has 0 aromatic heterocycles. The predicted molar refractivity (Wildman–Crippen MR) is 72.5 cm³/mol. The molecule has 0 aromatic rings. The normalized spacial score (nSPS) is 31.3. The molecule has 1 heterocycles. The van der Waals surface area contributed by atoms with Gasteiger partial charge in [0.1, 0.15) is 17.8 Å². The summed E-state index contributed by atoms with van der Waals surface area (Å²) in [6.45, 7) is 12.9. The molecule has 1 saturated heterocycles. The average molecular weight is 274 g/mol. The van der Waals surface area contributed by atoms with Gasteiger partial charge in [0.2, 0.25) is 5.72 Å². The summed E-state index contributed by atoms with van der Waals surface area (Å²) in [6.07, 6.45) is -0.373. The summed E-state index contributed by atoms with van der Waals surface area (Å²) in [4.78, 5) is 12.6. The lowest BCUT2D eigenvalue weighted by Crippen LogP contribution is -2.68. The highest BCUT2D eigenvalue weighted by atomic mass is 16.6. The van der Waals surface area contributed by atoms with E-state index in [4.69, 9.17) is 9.47 Å². The molecule has 0 radical (unpaired) electrons. The van der Waals surface area contributed by atoms with E-state index in [0.29, 0.717) is 6.61 Å². The Labute approximate surface area is 116 Å². The van der Waals surface area contributed by atoms with Gasteiger partial charge in [-0.15, -0.1) is 0 Å². The van der Waals surface area contributed by atoms with Crippen molar-refractivity contribution in [2.75, 3.05) is 13.7 Å². The molecule has 1 aliphatic heterocycles. The van der Waals surface area contributed by atoms with Crippen LogP contribution in [0.2, 0.25) is 0 Å². The van der Waals surface area contributed by atoms with Crippen molar-refractivity contribution in [2.45, 2.75) is 71.4 Å². The minimum atomic E-state index is -1.03. The molecule has 2 atom stereocenters. The van der Waals surface area contributed by atoms with Gasteiger partial charge in [-0.05, 0) is 34.6 Å². The maximum atomic E-state index is 12.6. The molecular weight excluding hydrogens is 246 g/mol. The van der Waals surface area contributed by atoms with Gasteiger partial charge in [0.05, 0.1) is 7.05 Å². The van der Waals surface area contributed by atoms with Crippen LogP contribution < -0.4 is 0 Å². The second kappa shape index (κ2) is 4.43. The molecule has 0 spiro atoms. The van der Waals surface area contributed by atoms with Crippen LogP contribution >= 0.6 is 0 Å². The second-order valence-electron chi connectivity index (χ2n) is 7.48. The van der Waals surface area contributed by atoms with Crippen molar-refractivity contribution in [3.63, 3.8) is 0 Å². The molecular formula is C14H28NO4+. The van der Waals surface area contributed by atoms with Crippen LogP contribution in [0.5, 0.6) is 0 Å². The number of nitrogens with zero attached hydrogens (tertiary/aromatic N) is 1. The van der Waals surface area contributed by atoms with Gasteiger partial charge in [-0.3, -0.25) is 0 Å². The first-order chi connectivity index (χ1) is 8.22. The molecule has 0 aromatic carbocycles. The molecule has 19 heavy (non-hydrogen) atoms. The zero-order valence-corrected chi connectivity index (χ0v) is 13.4. The fourth-order valence-electron chi connectivity index (χ4n) is 2.48. The zero-order chi connectivity index (χ0) is 15.3. The molecule has 0 bridgehead atoms. The number of carbonyl (C=O) groups is 1. The van der Waals surface area contributed by atoms with Crippen molar-refractivity contribution in [2.24, 2.45) is 0 Å².